The van der Waals surface area contributed by atoms with Crippen LogP contribution in [-0.4, -0.2) is 74.5 Å². The SMILES string of the molecule is CCN1CCCC1CNC(=NCC(=O)N(C)C)NCCc1ccccc1. The maximum absolute atomic E-state index is 11.9. The zero-order chi connectivity index (χ0) is 18.8. The van der Waals surface area contributed by atoms with Crippen molar-refractivity contribution in [3.8, 4) is 0 Å². The lowest BCUT2D eigenvalue weighted by Gasteiger charge is -2.24. The van der Waals surface area contributed by atoms with E-state index in [4.69, 9.17) is 0 Å². The van der Waals surface area contributed by atoms with Crippen LogP contribution < -0.4 is 10.6 Å². The van der Waals surface area contributed by atoms with E-state index in [0.29, 0.717) is 6.04 Å². The summed E-state index contributed by atoms with van der Waals surface area (Å²) in [6, 6.07) is 10.9. The molecule has 0 bridgehead atoms. The lowest BCUT2D eigenvalue weighted by molar-refractivity contribution is -0.127. The Balaban J connectivity index is 1.87. The van der Waals surface area contributed by atoms with Crippen molar-refractivity contribution in [3.63, 3.8) is 0 Å². The number of hydrogen-bond acceptors (Lipinski definition) is 3. The fourth-order valence-electron chi connectivity index (χ4n) is 3.19. The maximum atomic E-state index is 11.9. The quantitative estimate of drug-likeness (QED) is 0.543. The van der Waals surface area contributed by atoms with Crippen LogP contribution in [0.25, 0.3) is 0 Å². The average molecular weight is 360 g/mol. The predicted molar refractivity (Wildman–Crippen MR) is 107 cm³/mol. The number of carbonyl (C=O) groups is 1. The minimum Gasteiger partial charge on any atom is -0.356 e. The molecule has 6 heteroatoms. The first-order chi connectivity index (χ1) is 12.6. The number of aliphatic imine (C=N–C) groups is 1. The van der Waals surface area contributed by atoms with Crippen LogP contribution in [-0.2, 0) is 11.2 Å². The first kappa shape index (κ1) is 20.2. The van der Waals surface area contributed by atoms with Crippen LogP contribution >= 0.6 is 0 Å². The molecule has 0 radical (unpaired) electrons. The van der Waals surface area contributed by atoms with Crippen molar-refractivity contribution in [2.75, 3.05) is 46.8 Å². The fraction of sp³-hybridized carbons (Fsp3) is 0.600. The summed E-state index contributed by atoms with van der Waals surface area (Å²) in [5, 5.41) is 6.80. The Morgan fingerprint density at radius 3 is 2.73 bits per heavy atom. The van der Waals surface area contributed by atoms with Gasteiger partial charge in [-0.2, -0.15) is 0 Å². The molecule has 1 aliphatic heterocycles. The molecular formula is C20H33N5O. The van der Waals surface area contributed by atoms with Gasteiger partial charge in [0.15, 0.2) is 5.96 Å². The van der Waals surface area contributed by atoms with Crippen LogP contribution in [0, 0.1) is 0 Å². The number of carbonyl (C=O) groups excluding carboxylic acids is 1. The summed E-state index contributed by atoms with van der Waals surface area (Å²) in [6.07, 6.45) is 3.40. The summed E-state index contributed by atoms with van der Waals surface area (Å²) in [5.41, 5.74) is 1.29. The molecule has 1 saturated heterocycles. The molecule has 144 valence electrons. The van der Waals surface area contributed by atoms with Gasteiger partial charge in [0.05, 0.1) is 0 Å². The van der Waals surface area contributed by atoms with E-state index in [9.17, 15) is 4.79 Å². The molecule has 0 aromatic heterocycles. The molecule has 1 aromatic carbocycles. The molecule has 2 rings (SSSR count). The number of amides is 1. The van der Waals surface area contributed by atoms with E-state index < -0.39 is 0 Å². The molecule has 0 saturated carbocycles. The molecule has 1 amide bonds. The van der Waals surface area contributed by atoms with Gasteiger partial charge >= 0.3 is 0 Å². The van der Waals surface area contributed by atoms with E-state index in [-0.39, 0.29) is 12.5 Å². The average Bonchev–Trinajstić information content (AvgIpc) is 3.11. The minimum absolute atomic E-state index is 0.00482. The summed E-state index contributed by atoms with van der Waals surface area (Å²) >= 11 is 0. The Kier molecular flexibility index (Phi) is 8.41. The molecule has 2 N–H and O–H groups in total. The van der Waals surface area contributed by atoms with Crippen molar-refractivity contribution in [1.82, 2.24) is 20.4 Å². The van der Waals surface area contributed by atoms with Crippen molar-refractivity contribution >= 4 is 11.9 Å². The molecule has 1 atom stereocenters. The predicted octanol–water partition coefficient (Wildman–Crippen LogP) is 1.34. The van der Waals surface area contributed by atoms with E-state index in [1.165, 1.54) is 24.9 Å². The number of benzene rings is 1. The van der Waals surface area contributed by atoms with Crippen LogP contribution in [0.4, 0.5) is 0 Å². The second-order valence-electron chi connectivity index (χ2n) is 6.92. The van der Waals surface area contributed by atoms with Crippen LogP contribution in [0.3, 0.4) is 0 Å². The molecule has 1 fully saturated rings. The van der Waals surface area contributed by atoms with Gasteiger partial charge in [0, 0.05) is 33.2 Å². The second kappa shape index (κ2) is 10.8. The third-order valence-electron chi connectivity index (χ3n) is 4.83. The normalized spacial score (nSPS) is 18.0. The lowest BCUT2D eigenvalue weighted by Crippen LogP contribution is -2.45. The number of nitrogens with zero attached hydrogens (tertiary/aromatic N) is 3. The monoisotopic (exact) mass is 359 g/mol. The highest BCUT2D eigenvalue weighted by Crippen LogP contribution is 2.15. The Hall–Kier alpha value is -2.08. The summed E-state index contributed by atoms with van der Waals surface area (Å²) in [6.45, 7) is 6.28. The standard InChI is InChI=1S/C20H33N5O/c1-4-25-14-8-11-18(25)15-22-20(23-16-19(26)24(2)3)21-13-12-17-9-6-5-7-10-17/h5-7,9-10,18H,4,8,11-16H2,1-3H3,(H2,21,22,23). The smallest absolute Gasteiger partial charge is 0.243 e. The maximum Gasteiger partial charge on any atom is 0.243 e. The van der Waals surface area contributed by atoms with E-state index >= 15 is 0 Å². The molecule has 0 aliphatic carbocycles. The summed E-state index contributed by atoms with van der Waals surface area (Å²) in [7, 11) is 3.51. The molecule has 1 heterocycles. The molecule has 0 spiro atoms. The van der Waals surface area contributed by atoms with E-state index in [1.807, 2.05) is 6.07 Å². The highest BCUT2D eigenvalue weighted by atomic mass is 16.2. The third-order valence-corrected chi connectivity index (χ3v) is 4.83. The van der Waals surface area contributed by atoms with E-state index in [1.54, 1.807) is 19.0 Å². The lowest BCUT2D eigenvalue weighted by atomic mass is 10.1. The van der Waals surface area contributed by atoms with E-state index in [0.717, 1.165) is 32.0 Å². The van der Waals surface area contributed by atoms with Gasteiger partial charge in [0.25, 0.3) is 0 Å². The zero-order valence-electron chi connectivity index (χ0n) is 16.4. The minimum atomic E-state index is 0.00482. The third kappa shape index (κ3) is 6.67. The second-order valence-corrected chi connectivity index (χ2v) is 6.92. The van der Waals surface area contributed by atoms with Gasteiger partial charge in [-0.3, -0.25) is 9.69 Å². The number of likely N-dealkylation sites (tertiary alicyclic amines) is 1. The van der Waals surface area contributed by atoms with Crippen molar-refractivity contribution in [2.24, 2.45) is 4.99 Å². The fourth-order valence-corrected chi connectivity index (χ4v) is 3.19. The van der Waals surface area contributed by atoms with Gasteiger partial charge in [0.2, 0.25) is 5.91 Å². The van der Waals surface area contributed by atoms with Crippen LogP contribution in [0.15, 0.2) is 35.3 Å². The van der Waals surface area contributed by atoms with Crippen molar-refractivity contribution < 1.29 is 4.79 Å². The largest absolute Gasteiger partial charge is 0.356 e. The van der Waals surface area contributed by atoms with Gasteiger partial charge in [0.1, 0.15) is 6.54 Å². The molecule has 1 aliphatic rings. The van der Waals surface area contributed by atoms with Crippen LogP contribution in [0.1, 0.15) is 25.3 Å². The van der Waals surface area contributed by atoms with Gasteiger partial charge in [-0.15, -0.1) is 0 Å². The van der Waals surface area contributed by atoms with Crippen LogP contribution in [0.2, 0.25) is 0 Å². The first-order valence-electron chi connectivity index (χ1n) is 9.60. The molecule has 26 heavy (non-hydrogen) atoms. The Morgan fingerprint density at radius 2 is 2.04 bits per heavy atom. The Labute approximate surface area is 157 Å². The highest BCUT2D eigenvalue weighted by Gasteiger charge is 2.22. The molecule has 1 unspecified atom stereocenters. The number of likely N-dealkylation sites (N-methyl/N-ethyl adjacent to an activating group) is 2. The van der Waals surface area contributed by atoms with Gasteiger partial charge in [-0.25, -0.2) is 4.99 Å². The summed E-state index contributed by atoms with van der Waals surface area (Å²) in [4.78, 5) is 20.4. The topological polar surface area (TPSA) is 60.0 Å². The van der Waals surface area contributed by atoms with E-state index in [2.05, 4.69) is 51.7 Å². The number of nitrogens with one attached hydrogen (secondary N) is 2. The number of hydrogen-bond donors (Lipinski definition) is 2. The Bertz CT molecular complexity index is 573. The van der Waals surface area contributed by atoms with Gasteiger partial charge < -0.3 is 15.5 Å². The highest BCUT2D eigenvalue weighted by molar-refractivity contribution is 5.84. The molecule has 1 aromatic rings. The number of guanidine groups is 1. The summed E-state index contributed by atoms with van der Waals surface area (Å²) < 4.78 is 0. The summed E-state index contributed by atoms with van der Waals surface area (Å²) in [5.74, 6) is 0.726. The van der Waals surface area contributed by atoms with Gasteiger partial charge in [-0.1, -0.05) is 37.3 Å². The number of rotatable bonds is 8. The van der Waals surface area contributed by atoms with Crippen molar-refractivity contribution in [1.29, 1.82) is 0 Å². The van der Waals surface area contributed by atoms with Crippen molar-refractivity contribution in [3.05, 3.63) is 35.9 Å². The molecular weight excluding hydrogens is 326 g/mol. The zero-order valence-corrected chi connectivity index (χ0v) is 16.4. The first-order valence-corrected chi connectivity index (χ1v) is 9.60. The van der Waals surface area contributed by atoms with Gasteiger partial charge in [-0.05, 0) is 37.9 Å². The molecule has 6 nitrogen and oxygen atoms in total. The van der Waals surface area contributed by atoms with Crippen molar-refractivity contribution in [2.45, 2.75) is 32.2 Å². The van der Waals surface area contributed by atoms with Crippen LogP contribution in [0.5, 0.6) is 0 Å². The Morgan fingerprint density at radius 1 is 1.27 bits per heavy atom.